The van der Waals surface area contributed by atoms with Crippen LogP contribution in [0.3, 0.4) is 0 Å². The van der Waals surface area contributed by atoms with Crippen LogP contribution >= 0.6 is 0 Å². The second-order valence-electron chi connectivity index (χ2n) is 5.17. The largest absolute Gasteiger partial charge is 0.478 e. The fourth-order valence-electron chi connectivity index (χ4n) is 2.20. The topological polar surface area (TPSA) is 107 Å². The number of benzene rings is 1. The second-order valence-corrected chi connectivity index (χ2v) is 5.17. The highest BCUT2D eigenvalue weighted by atomic mass is 16.6. The highest BCUT2D eigenvalue weighted by Crippen LogP contribution is 2.23. The van der Waals surface area contributed by atoms with Gasteiger partial charge in [0.1, 0.15) is 0 Å². The lowest BCUT2D eigenvalue weighted by Crippen LogP contribution is -2.14. The van der Waals surface area contributed by atoms with Crippen LogP contribution in [-0.2, 0) is 4.74 Å². The van der Waals surface area contributed by atoms with E-state index in [1.807, 2.05) is 0 Å². The Morgan fingerprint density at radius 3 is 2.43 bits per heavy atom. The number of unbranched alkanes of at least 4 members (excludes halogenated alkanes) is 5. The molecule has 0 radical (unpaired) electrons. The first-order valence-corrected chi connectivity index (χ1v) is 7.66. The van der Waals surface area contributed by atoms with Crippen molar-refractivity contribution in [2.75, 3.05) is 6.61 Å². The van der Waals surface area contributed by atoms with E-state index in [2.05, 4.69) is 6.92 Å². The standard InChI is InChI=1S/C16H21NO6/c1-2-3-4-5-6-7-11-23-16(20)14-12(15(18)19)9-8-10-13(14)17(21)22/h8-10H,2-7,11H2,1H3,(H,18,19). The zero-order chi connectivity index (χ0) is 17.2. The van der Waals surface area contributed by atoms with Crippen molar-refractivity contribution in [1.29, 1.82) is 0 Å². The van der Waals surface area contributed by atoms with Crippen LogP contribution in [0, 0.1) is 10.1 Å². The Balaban J connectivity index is 2.68. The zero-order valence-electron chi connectivity index (χ0n) is 13.1. The number of nitrogens with zero attached hydrogens (tertiary/aromatic N) is 1. The minimum Gasteiger partial charge on any atom is -0.478 e. The average Bonchev–Trinajstić information content (AvgIpc) is 2.52. The molecule has 0 amide bonds. The molecule has 1 aromatic rings. The van der Waals surface area contributed by atoms with Gasteiger partial charge in [0.2, 0.25) is 0 Å². The maximum Gasteiger partial charge on any atom is 0.346 e. The Morgan fingerprint density at radius 1 is 1.17 bits per heavy atom. The number of nitro benzene ring substituents is 1. The van der Waals surface area contributed by atoms with E-state index in [0.29, 0.717) is 6.42 Å². The number of carboxylic acids is 1. The molecule has 0 aliphatic rings. The number of aromatic carboxylic acids is 1. The van der Waals surface area contributed by atoms with Crippen molar-refractivity contribution < 1.29 is 24.4 Å². The summed E-state index contributed by atoms with van der Waals surface area (Å²) < 4.78 is 5.01. The molecule has 0 atom stereocenters. The summed E-state index contributed by atoms with van der Waals surface area (Å²) in [6.45, 7) is 2.24. The van der Waals surface area contributed by atoms with E-state index in [4.69, 9.17) is 9.84 Å². The normalized spacial score (nSPS) is 10.3. The van der Waals surface area contributed by atoms with Gasteiger partial charge in [-0.15, -0.1) is 0 Å². The summed E-state index contributed by atoms with van der Waals surface area (Å²) in [5.74, 6) is -2.37. The van der Waals surface area contributed by atoms with Crippen LogP contribution in [-0.4, -0.2) is 28.6 Å². The minimum absolute atomic E-state index is 0.121. The summed E-state index contributed by atoms with van der Waals surface area (Å²) in [6, 6.07) is 3.47. The molecule has 23 heavy (non-hydrogen) atoms. The van der Waals surface area contributed by atoms with E-state index in [1.165, 1.54) is 6.07 Å². The molecule has 126 valence electrons. The van der Waals surface area contributed by atoms with Crippen LogP contribution in [0.25, 0.3) is 0 Å². The summed E-state index contributed by atoms with van der Waals surface area (Å²) in [7, 11) is 0. The number of nitro groups is 1. The molecular weight excluding hydrogens is 302 g/mol. The van der Waals surface area contributed by atoms with Crippen molar-refractivity contribution in [3.8, 4) is 0 Å². The number of rotatable bonds is 10. The predicted molar refractivity (Wildman–Crippen MR) is 83.7 cm³/mol. The molecule has 0 spiro atoms. The van der Waals surface area contributed by atoms with Crippen molar-refractivity contribution in [2.45, 2.75) is 45.4 Å². The Hall–Kier alpha value is -2.44. The molecule has 7 nitrogen and oxygen atoms in total. The molecule has 0 aliphatic carbocycles. The summed E-state index contributed by atoms with van der Waals surface area (Å²) in [4.78, 5) is 33.4. The zero-order valence-corrected chi connectivity index (χ0v) is 13.1. The van der Waals surface area contributed by atoms with Gasteiger partial charge in [0.05, 0.1) is 17.1 Å². The molecule has 0 unspecified atom stereocenters. The maximum absolute atomic E-state index is 12.0. The van der Waals surface area contributed by atoms with E-state index in [0.717, 1.165) is 44.2 Å². The number of esters is 1. The first-order valence-electron chi connectivity index (χ1n) is 7.66. The van der Waals surface area contributed by atoms with Gasteiger partial charge in [-0.3, -0.25) is 10.1 Å². The molecule has 0 bridgehead atoms. The molecule has 0 saturated heterocycles. The van der Waals surface area contributed by atoms with Gasteiger partial charge in [0.15, 0.2) is 5.56 Å². The number of ether oxygens (including phenoxy) is 1. The summed E-state index contributed by atoms with van der Waals surface area (Å²) >= 11 is 0. The minimum atomic E-state index is -1.40. The highest BCUT2D eigenvalue weighted by molar-refractivity contribution is 6.05. The van der Waals surface area contributed by atoms with Gasteiger partial charge in [-0.25, -0.2) is 9.59 Å². The lowest BCUT2D eigenvalue weighted by atomic mass is 10.1. The fraction of sp³-hybridized carbons (Fsp3) is 0.500. The van der Waals surface area contributed by atoms with Crippen molar-refractivity contribution >= 4 is 17.6 Å². The quantitative estimate of drug-likeness (QED) is 0.304. The van der Waals surface area contributed by atoms with E-state index in [-0.39, 0.29) is 6.61 Å². The van der Waals surface area contributed by atoms with Gasteiger partial charge in [0.25, 0.3) is 5.69 Å². The fourth-order valence-corrected chi connectivity index (χ4v) is 2.20. The Kier molecular flexibility index (Phi) is 7.73. The number of carbonyl (C=O) groups excluding carboxylic acids is 1. The van der Waals surface area contributed by atoms with Gasteiger partial charge < -0.3 is 9.84 Å². The van der Waals surface area contributed by atoms with Gasteiger partial charge >= 0.3 is 11.9 Å². The molecule has 0 saturated carbocycles. The molecule has 1 rings (SSSR count). The molecular formula is C16H21NO6. The monoisotopic (exact) mass is 323 g/mol. The smallest absolute Gasteiger partial charge is 0.346 e. The van der Waals surface area contributed by atoms with Gasteiger partial charge in [-0.2, -0.15) is 0 Å². The first kappa shape index (κ1) is 18.6. The summed E-state index contributed by atoms with van der Waals surface area (Å²) in [6.07, 6.45) is 6.02. The molecule has 0 aliphatic heterocycles. The lowest BCUT2D eigenvalue weighted by Gasteiger charge is -2.08. The van der Waals surface area contributed by atoms with Crippen molar-refractivity contribution in [3.63, 3.8) is 0 Å². The van der Waals surface area contributed by atoms with Crippen molar-refractivity contribution in [1.82, 2.24) is 0 Å². The Morgan fingerprint density at radius 2 is 1.83 bits per heavy atom. The predicted octanol–water partition coefficient (Wildman–Crippen LogP) is 3.81. The van der Waals surface area contributed by atoms with Crippen LogP contribution < -0.4 is 0 Å². The summed E-state index contributed by atoms with van der Waals surface area (Å²) in [5.41, 5.74) is -1.49. The Bertz CT molecular complexity index is 537. The SMILES string of the molecule is CCCCCCCCOC(=O)c1c(C(=O)O)cccc1[N+](=O)[O-]. The third-order valence-corrected chi connectivity index (χ3v) is 3.40. The van der Waals surface area contributed by atoms with Crippen LogP contribution in [0.2, 0.25) is 0 Å². The third-order valence-electron chi connectivity index (χ3n) is 3.40. The van der Waals surface area contributed by atoms with Crippen LogP contribution in [0.15, 0.2) is 18.2 Å². The maximum atomic E-state index is 12.0. The van der Waals surface area contributed by atoms with Crippen molar-refractivity contribution in [2.24, 2.45) is 0 Å². The Labute approximate surface area is 134 Å². The molecule has 0 heterocycles. The van der Waals surface area contributed by atoms with Crippen LogP contribution in [0.5, 0.6) is 0 Å². The number of carbonyl (C=O) groups is 2. The number of carboxylic acid groups (broad SMARTS) is 1. The molecule has 0 fully saturated rings. The molecule has 1 aromatic carbocycles. The second kappa shape index (κ2) is 9.55. The highest BCUT2D eigenvalue weighted by Gasteiger charge is 2.28. The van der Waals surface area contributed by atoms with Crippen LogP contribution in [0.1, 0.15) is 66.2 Å². The number of hydrogen-bond acceptors (Lipinski definition) is 5. The van der Waals surface area contributed by atoms with E-state index < -0.39 is 33.7 Å². The third kappa shape index (κ3) is 5.69. The van der Waals surface area contributed by atoms with E-state index >= 15 is 0 Å². The molecule has 7 heteroatoms. The van der Waals surface area contributed by atoms with Crippen molar-refractivity contribution in [3.05, 3.63) is 39.4 Å². The van der Waals surface area contributed by atoms with E-state index in [1.54, 1.807) is 0 Å². The first-order chi connectivity index (χ1) is 11.0. The lowest BCUT2D eigenvalue weighted by molar-refractivity contribution is -0.385. The number of hydrogen-bond donors (Lipinski definition) is 1. The van der Waals surface area contributed by atoms with Gasteiger partial charge in [-0.05, 0) is 12.5 Å². The molecule has 0 aromatic heterocycles. The van der Waals surface area contributed by atoms with Gasteiger partial charge in [0, 0.05) is 6.07 Å². The average molecular weight is 323 g/mol. The summed E-state index contributed by atoms with van der Waals surface area (Å²) in [5, 5.41) is 20.1. The van der Waals surface area contributed by atoms with Gasteiger partial charge in [-0.1, -0.05) is 45.1 Å². The van der Waals surface area contributed by atoms with E-state index in [9.17, 15) is 19.7 Å². The molecule has 1 N–H and O–H groups in total. The van der Waals surface area contributed by atoms with Crippen LogP contribution in [0.4, 0.5) is 5.69 Å².